The first-order valence-corrected chi connectivity index (χ1v) is 6.39. The highest BCUT2D eigenvalue weighted by Gasteiger charge is 2.41. The zero-order valence-electron chi connectivity index (χ0n) is 10.8. The number of halogens is 3. The SMILES string of the molecule is C[C@H]1CN2c3cccc(C(F)(F)F)c3C(=O)N[C@@H]2CN1. The Morgan fingerprint density at radius 1 is 1.35 bits per heavy atom. The normalized spacial score (nSPS) is 25.8. The predicted molar refractivity (Wildman–Crippen MR) is 67.5 cm³/mol. The number of carbonyl (C=O) groups is 1. The molecule has 0 aliphatic carbocycles. The lowest BCUT2D eigenvalue weighted by Gasteiger charge is -2.45. The Morgan fingerprint density at radius 2 is 2.10 bits per heavy atom. The summed E-state index contributed by atoms with van der Waals surface area (Å²) in [6.45, 7) is 3.03. The van der Waals surface area contributed by atoms with Crippen molar-refractivity contribution in [3.05, 3.63) is 29.3 Å². The summed E-state index contributed by atoms with van der Waals surface area (Å²) < 4.78 is 39.1. The number of hydrogen-bond donors (Lipinski definition) is 2. The molecule has 2 N–H and O–H groups in total. The van der Waals surface area contributed by atoms with Gasteiger partial charge in [0.25, 0.3) is 5.91 Å². The van der Waals surface area contributed by atoms with Gasteiger partial charge in [-0.1, -0.05) is 6.07 Å². The molecule has 2 atom stereocenters. The maximum atomic E-state index is 13.0. The Kier molecular flexibility index (Phi) is 2.89. The molecular formula is C13H14F3N3O. The van der Waals surface area contributed by atoms with Gasteiger partial charge in [-0.25, -0.2) is 0 Å². The van der Waals surface area contributed by atoms with E-state index in [1.54, 1.807) is 6.07 Å². The number of rotatable bonds is 0. The molecular weight excluding hydrogens is 271 g/mol. The minimum Gasteiger partial charge on any atom is -0.348 e. The molecule has 0 spiro atoms. The maximum Gasteiger partial charge on any atom is 0.417 e. The van der Waals surface area contributed by atoms with Crippen LogP contribution in [0.25, 0.3) is 0 Å². The van der Waals surface area contributed by atoms with Crippen LogP contribution in [0.5, 0.6) is 0 Å². The van der Waals surface area contributed by atoms with Gasteiger partial charge in [-0.3, -0.25) is 4.79 Å². The minimum absolute atomic E-state index is 0.156. The molecule has 1 aromatic rings. The minimum atomic E-state index is -4.53. The second-order valence-electron chi connectivity index (χ2n) is 5.15. The number of nitrogens with one attached hydrogen (secondary N) is 2. The molecule has 108 valence electrons. The smallest absolute Gasteiger partial charge is 0.348 e. The van der Waals surface area contributed by atoms with Gasteiger partial charge >= 0.3 is 6.18 Å². The third kappa shape index (κ3) is 2.02. The number of anilines is 1. The molecule has 4 nitrogen and oxygen atoms in total. The molecule has 2 heterocycles. The van der Waals surface area contributed by atoms with Gasteiger partial charge in [0.15, 0.2) is 0 Å². The zero-order valence-corrected chi connectivity index (χ0v) is 10.8. The van der Waals surface area contributed by atoms with Crippen LogP contribution < -0.4 is 15.5 Å². The number of hydrogen-bond acceptors (Lipinski definition) is 3. The molecule has 1 saturated heterocycles. The fraction of sp³-hybridized carbons (Fsp3) is 0.462. The Hall–Kier alpha value is -1.76. The highest BCUT2D eigenvalue weighted by Crippen LogP contribution is 2.38. The molecule has 0 saturated carbocycles. The van der Waals surface area contributed by atoms with E-state index in [9.17, 15) is 18.0 Å². The van der Waals surface area contributed by atoms with E-state index in [1.165, 1.54) is 6.07 Å². The summed E-state index contributed by atoms with van der Waals surface area (Å²) in [4.78, 5) is 13.9. The van der Waals surface area contributed by atoms with Crippen LogP contribution >= 0.6 is 0 Å². The van der Waals surface area contributed by atoms with E-state index in [1.807, 2.05) is 11.8 Å². The molecule has 0 bridgehead atoms. The van der Waals surface area contributed by atoms with Crippen LogP contribution in [0.1, 0.15) is 22.8 Å². The fourth-order valence-electron chi connectivity index (χ4n) is 2.78. The van der Waals surface area contributed by atoms with Crippen molar-refractivity contribution in [2.24, 2.45) is 0 Å². The summed E-state index contributed by atoms with van der Waals surface area (Å²) in [5.74, 6) is -0.662. The summed E-state index contributed by atoms with van der Waals surface area (Å²) in [6, 6.07) is 4.03. The molecule has 0 unspecified atom stereocenters. The number of benzene rings is 1. The Bertz CT molecular complexity index is 558. The number of piperazine rings is 1. The maximum absolute atomic E-state index is 13.0. The topological polar surface area (TPSA) is 44.4 Å². The summed E-state index contributed by atoms with van der Waals surface area (Å²) in [7, 11) is 0. The third-order valence-electron chi connectivity index (χ3n) is 3.69. The van der Waals surface area contributed by atoms with E-state index in [-0.39, 0.29) is 17.8 Å². The molecule has 2 aliphatic rings. The average Bonchev–Trinajstić information content (AvgIpc) is 2.38. The van der Waals surface area contributed by atoms with E-state index < -0.39 is 17.6 Å². The molecule has 1 fully saturated rings. The summed E-state index contributed by atoms with van der Waals surface area (Å²) in [5.41, 5.74) is -0.788. The van der Waals surface area contributed by atoms with Gasteiger partial charge in [-0.05, 0) is 19.1 Å². The number of nitrogens with zero attached hydrogens (tertiary/aromatic N) is 1. The van der Waals surface area contributed by atoms with Crippen LogP contribution in [0.3, 0.4) is 0 Å². The Morgan fingerprint density at radius 3 is 2.80 bits per heavy atom. The van der Waals surface area contributed by atoms with Crippen LogP contribution in [-0.2, 0) is 6.18 Å². The highest BCUT2D eigenvalue weighted by molar-refractivity contribution is 6.03. The van der Waals surface area contributed by atoms with Gasteiger partial charge in [-0.15, -0.1) is 0 Å². The van der Waals surface area contributed by atoms with E-state index in [0.29, 0.717) is 18.8 Å². The predicted octanol–water partition coefficient (Wildman–Crippen LogP) is 1.57. The summed E-state index contributed by atoms with van der Waals surface area (Å²) in [6.07, 6.45) is -4.83. The van der Waals surface area contributed by atoms with Crippen molar-refractivity contribution in [2.45, 2.75) is 25.3 Å². The van der Waals surface area contributed by atoms with Crippen molar-refractivity contribution >= 4 is 11.6 Å². The molecule has 0 aromatic heterocycles. The van der Waals surface area contributed by atoms with Crippen LogP contribution in [-0.4, -0.2) is 31.2 Å². The Labute approximate surface area is 113 Å². The number of amides is 1. The average molecular weight is 285 g/mol. The van der Waals surface area contributed by atoms with Gasteiger partial charge in [0.1, 0.15) is 6.17 Å². The fourth-order valence-corrected chi connectivity index (χ4v) is 2.78. The van der Waals surface area contributed by atoms with Gasteiger partial charge < -0.3 is 15.5 Å². The van der Waals surface area contributed by atoms with Crippen molar-refractivity contribution in [1.82, 2.24) is 10.6 Å². The molecule has 3 rings (SSSR count). The van der Waals surface area contributed by atoms with E-state index >= 15 is 0 Å². The molecule has 20 heavy (non-hydrogen) atoms. The second-order valence-corrected chi connectivity index (χ2v) is 5.15. The summed E-state index contributed by atoms with van der Waals surface area (Å²) in [5, 5.41) is 5.83. The lowest BCUT2D eigenvalue weighted by Crippen LogP contribution is -2.64. The van der Waals surface area contributed by atoms with Crippen molar-refractivity contribution in [3.63, 3.8) is 0 Å². The lowest BCUT2D eigenvalue weighted by molar-refractivity contribution is -0.137. The first-order valence-electron chi connectivity index (χ1n) is 6.39. The van der Waals surface area contributed by atoms with Gasteiger partial charge in [-0.2, -0.15) is 13.2 Å². The van der Waals surface area contributed by atoms with Crippen molar-refractivity contribution < 1.29 is 18.0 Å². The summed E-state index contributed by atoms with van der Waals surface area (Å²) >= 11 is 0. The lowest BCUT2D eigenvalue weighted by atomic mass is 9.98. The Balaban J connectivity index is 2.12. The standard InChI is InChI=1S/C13H14F3N3O/c1-7-6-19-9-4-2-3-8(13(14,15)16)11(9)12(20)18-10(19)5-17-7/h2-4,7,10,17H,5-6H2,1H3,(H,18,20)/t7-,10-/m0/s1. The molecule has 1 aromatic carbocycles. The van der Waals surface area contributed by atoms with Gasteiger partial charge in [0, 0.05) is 19.1 Å². The van der Waals surface area contributed by atoms with Crippen LogP contribution in [0.15, 0.2) is 18.2 Å². The van der Waals surface area contributed by atoms with Crippen molar-refractivity contribution in [2.75, 3.05) is 18.0 Å². The first kappa shape index (κ1) is 13.2. The highest BCUT2D eigenvalue weighted by atomic mass is 19.4. The van der Waals surface area contributed by atoms with Gasteiger partial charge in [0.05, 0.1) is 16.8 Å². The van der Waals surface area contributed by atoms with E-state index in [0.717, 1.165) is 6.07 Å². The largest absolute Gasteiger partial charge is 0.417 e. The second kappa shape index (κ2) is 4.37. The van der Waals surface area contributed by atoms with Crippen LogP contribution in [0.4, 0.5) is 18.9 Å². The van der Waals surface area contributed by atoms with Gasteiger partial charge in [0.2, 0.25) is 0 Å². The first-order chi connectivity index (χ1) is 9.38. The van der Waals surface area contributed by atoms with E-state index in [4.69, 9.17) is 0 Å². The van der Waals surface area contributed by atoms with Crippen molar-refractivity contribution in [1.29, 1.82) is 0 Å². The molecule has 7 heteroatoms. The number of alkyl halides is 3. The van der Waals surface area contributed by atoms with E-state index in [2.05, 4.69) is 10.6 Å². The third-order valence-corrected chi connectivity index (χ3v) is 3.69. The van der Waals surface area contributed by atoms with Crippen molar-refractivity contribution in [3.8, 4) is 0 Å². The molecule has 2 aliphatic heterocycles. The molecule has 1 amide bonds. The number of fused-ring (bicyclic) bond motifs is 3. The molecule has 0 radical (unpaired) electrons. The quantitative estimate of drug-likeness (QED) is 0.760. The van der Waals surface area contributed by atoms with Crippen LogP contribution in [0, 0.1) is 0 Å². The monoisotopic (exact) mass is 285 g/mol. The number of carbonyl (C=O) groups excluding carboxylic acids is 1. The van der Waals surface area contributed by atoms with Crippen LogP contribution in [0.2, 0.25) is 0 Å². The zero-order chi connectivity index (χ0) is 14.5.